The molecule has 1 aromatic rings. The van der Waals surface area contributed by atoms with Crippen LogP contribution in [0.3, 0.4) is 0 Å². The second-order valence-corrected chi connectivity index (χ2v) is 2.93. The van der Waals surface area contributed by atoms with Crippen molar-refractivity contribution in [3.8, 4) is 36.0 Å². The SMILES string of the molecule is C#CC#CC#CC.Cc1cccc(C)c1.[HH].[HH]. The molecule has 0 aromatic heterocycles. The number of hydrogen-bond donors (Lipinski definition) is 0. The van der Waals surface area contributed by atoms with E-state index in [1.165, 1.54) is 11.1 Å². The Morgan fingerprint density at radius 3 is 2.00 bits per heavy atom. The van der Waals surface area contributed by atoms with Gasteiger partial charge in [-0.2, -0.15) is 0 Å². The molecule has 1 aromatic carbocycles. The fourth-order valence-corrected chi connectivity index (χ4v) is 0.937. The molecule has 0 aliphatic carbocycles. The maximum atomic E-state index is 4.78. The Balaban J connectivity index is -0.000000208. The van der Waals surface area contributed by atoms with Gasteiger partial charge in [0.1, 0.15) is 0 Å². The first-order chi connectivity index (χ1) is 7.20. The van der Waals surface area contributed by atoms with E-state index in [9.17, 15) is 0 Å². The Labute approximate surface area is 95.7 Å². The normalized spacial score (nSPS) is 6.53. The average molecular weight is 198 g/mol. The van der Waals surface area contributed by atoms with Crippen LogP contribution < -0.4 is 0 Å². The van der Waals surface area contributed by atoms with Crippen LogP contribution in [0.5, 0.6) is 0 Å². The van der Waals surface area contributed by atoms with Crippen LogP contribution in [0, 0.1) is 49.9 Å². The van der Waals surface area contributed by atoms with Crippen molar-refractivity contribution in [2.45, 2.75) is 20.8 Å². The van der Waals surface area contributed by atoms with Crippen LogP contribution in [0.2, 0.25) is 0 Å². The molecule has 0 saturated heterocycles. The summed E-state index contributed by atoms with van der Waals surface area (Å²) in [6.45, 7) is 5.92. The van der Waals surface area contributed by atoms with E-state index in [2.05, 4.69) is 67.7 Å². The molecular weight excluding hydrogens is 180 g/mol. The summed E-state index contributed by atoms with van der Waals surface area (Å²) in [6.07, 6.45) is 4.78. The first-order valence-corrected chi connectivity index (χ1v) is 4.61. The predicted molar refractivity (Wildman–Crippen MR) is 70.2 cm³/mol. The van der Waals surface area contributed by atoms with Crippen LogP contribution >= 0.6 is 0 Å². The Kier molecular flexibility index (Phi) is 7.31. The monoisotopic (exact) mass is 198 g/mol. The van der Waals surface area contributed by atoms with Crippen LogP contribution in [0.15, 0.2) is 24.3 Å². The molecule has 0 aliphatic heterocycles. The van der Waals surface area contributed by atoms with Crippen molar-refractivity contribution in [1.82, 2.24) is 0 Å². The van der Waals surface area contributed by atoms with Gasteiger partial charge in [0.25, 0.3) is 0 Å². The van der Waals surface area contributed by atoms with Gasteiger partial charge in [0.2, 0.25) is 0 Å². The second kappa shape index (κ2) is 8.50. The van der Waals surface area contributed by atoms with Crippen molar-refractivity contribution >= 4 is 0 Å². The summed E-state index contributed by atoms with van der Waals surface area (Å²) in [5.74, 6) is 12.0. The Hall–Kier alpha value is -2.10. The third kappa shape index (κ3) is 8.24. The molecule has 0 heterocycles. The van der Waals surface area contributed by atoms with Crippen molar-refractivity contribution in [3.63, 3.8) is 0 Å². The lowest BCUT2D eigenvalue weighted by atomic mass is 10.2. The zero-order chi connectivity index (χ0) is 11.5. The molecule has 0 atom stereocenters. The summed E-state index contributed by atoms with van der Waals surface area (Å²) in [5, 5.41) is 0. The fraction of sp³-hybridized carbons (Fsp3) is 0.200. The minimum absolute atomic E-state index is 0. The summed E-state index contributed by atoms with van der Waals surface area (Å²) in [5.41, 5.74) is 2.68. The van der Waals surface area contributed by atoms with E-state index in [-0.39, 0.29) is 2.85 Å². The summed E-state index contributed by atoms with van der Waals surface area (Å²) < 4.78 is 0. The summed E-state index contributed by atoms with van der Waals surface area (Å²) in [7, 11) is 0. The fourth-order valence-electron chi connectivity index (χ4n) is 0.937. The van der Waals surface area contributed by atoms with E-state index < -0.39 is 0 Å². The number of hydrogen-bond acceptors (Lipinski definition) is 0. The maximum absolute atomic E-state index is 4.78. The molecule has 0 bridgehead atoms. The highest BCUT2D eigenvalue weighted by atomic mass is 13.9. The van der Waals surface area contributed by atoms with Crippen LogP contribution in [0.4, 0.5) is 0 Å². The zero-order valence-electron chi connectivity index (χ0n) is 9.39. The van der Waals surface area contributed by atoms with Crippen molar-refractivity contribution < 1.29 is 2.85 Å². The smallest absolute Gasteiger partial charge is 0 e. The zero-order valence-corrected chi connectivity index (χ0v) is 9.39. The predicted octanol–water partition coefficient (Wildman–Crippen LogP) is 3.44. The third-order valence-corrected chi connectivity index (χ3v) is 1.50. The van der Waals surface area contributed by atoms with Crippen LogP contribution in [0.1, 0.15) is 20.9 Å². The Morgan fingerprint density at radius 1 is 1.07 bits per heavy atom. The Morgan fingerprint density at radius 2 is 1.67 bits per heavy atom. The first-order valence-electron chi connectivity index (χ1n) is 4.61. The standard InChI is InChI=1S/C8H10.C7H4.2H2/c1-7-4-3-5-8(2)6-7;1-3-5-7-6-4-2;;/h3-6H,1-2H3;1H,2H3;2*1H. The van der Waals surface area contributed by atoms with Crippen LogP contribution in [-0.2, 0) is 0 Å². The number of terminal acetylenes is 1. The molecular formula is C15H18. The van der Waals surface area contributed by atoms with E-state index in [0.717, 1.165) is 0 Å². The van der Waals surface area contributed by atoms with E-state index in [4.69, 9.17) is 6.42 Å². The number of aryl methyl sites for hydroxylation is 2. The van der Waals surface area contributed by atoms with Gasteiger partial charge in [0.15, 0.2) is 0 Å². The largest absolute Gasteiger partial charge is 0.106 e. The van der Waals surface area contributed by atoms with Gasteiger partial charge in [0.05, 0.1) is 0 Å². The first kappa shape index (κ1) is 12.9. The molecule has 0 N–H and O–H groups in total. The summed E-state index contributed by atoms with van der Waals surface area (Å²) in [4.78, 5) is 0. The molecule has 0 heteroatoms. The van der Waals surface area contributed by atoms with Gasteiger partial charge in [-0.05, 0) is 44.5 Å². The van der Waals surface area contributed by atoms with Gasteiger partial charge < -0.3 is 0 Å². The van der Waals surface area contributed by atoms with Gasteiger partial charge in [-0.15, -0.1) is 6.42 Å². The quantitative estimate of drug-likeness (QED) is 0.560. The minimum Gasteiger partial charge on any atom is -0.106 e. The topological polar surface area (TPSA) is 0 Å². The van der Waals surface area contributed by atoms with Gasteiger partial charge in [-0.25, -0.2) is 0 Å². The molecule has 0 fully saturated rings. The van der Waals surface area contributed by atoms with Crippen LogP contribution in [-0.4, -0.2) is 0 Å². The second-order valence-electron chi connectivity index (χ2n) is 2.93. The van der Waals surface area contributed by atoms with Crippen molar-refractivity contribution in [3.05, 3.63) is 35.4 Å². The molecule has 0 nitrogen and oxygen atoms in total. The Bertz CT molecular complexity index is 442. The lowest BCUT2D eigenvalue weighted by molar-refractivity contribution is 1.39. The van der Waals surface area contributed by atoms with Gasteiger partial charge in [-0.3, -0.25) is 0 Å². The van der Waals surface area contributed by atoms with Crippen molar-refractivity contribution in [2.24, 2.45) is 0 Å². The van der Waals surface area contributed by atoms with Gasteiger partial charge in [0, 0.05) is 2.85 Å². The van der Waals surface area contributed by atoms with Gasteiger partial charge in [-0.1, -0.05) is 41.3 Å². The number of benzene rings is 1. The molecule has 0 unspecified atom stereocenters. The molecule has 0 aliphatic rings. The highest BCUT2D eigenvalue weighted by Crippen LogP contribution is 2.00. The third-order valence-electron chi connectivity index (χ3n) is 1.50. The lowest BCUT2D eigenvalue weighted by Crippen LogP contribution is -1.71. The summed E-state index contributed by atoms with van der Waals surface area (Å²) >= 11 is 0. The van der Waals surface area contributed by atoms with E-state index in [1.807, 2.05) is 0 Å². The molecule has 15 heavy (non-hydrogen) atoms. The highest BCUT2D eigenvalue weighted by Gasteiger charge is 1.80. The molecule has 78 valence electrons. The van der Waals surface area contributed by atoms with E-state index in [1.54, 1.807) is 6.92 Å². The van der Waals surface area contributed by atoms with Crippen molar-refractivity contribution in [1.29, 1.82) is 0 Å². The van der Waals surface area contributed by atoms with Gasteiger partial charge >= 0.3 is 0 Å². The highest BCUT2D eigenvalue weighted by molar-refractivity contribution is 5.33. The average Bonchev–Trinajstić information content (AvgIpc) is 2.19. The maximum Gasteiger partial charge on any atom is 0 e. The van der Waals surface area contributed by atoms with Crippen molar-refractivity contribution in [2.75, 3.05) is 0 Å². The molecule has 0 radical (unpaired) electrons. The van der Waals surface area contributed by atoms with E-state index >= 15 is 0 Å². The molecule has 1 rings (SSSR count). The minimum atomic E-state index is 0. The summed E-state index contributed by atoms with van der Waals surface area (Å²) in [6, 6.07) is 8.45. The molecule has 0 saturated carbocycles. The number of rotatable bonds is 0. The van der Waals surface area contributed by atoms with Crippen LogP contribution in [0.25, 0.3) is 0 Å². The molecule has 0 amide bonds. The molecule has 0 spiro atoms. The van der Waals surface area contributed by atoms with E-state index in [0.29, 0.717) is 0 Å². The lowest BCUT2D eigenvalue weighted by Gasteiger charge is -1.90.